The van der Waals surface area contributed by atoms with Crippen LogP contribution in [-0.4, -0.2) is 28.4 Å². The molecule has 4 rings (SSSR count). The third-order valence-electron chi connectivity index (χ3n) is 3.99. The lowest BCUT2D eigenvalue weighted by Gasteiger charge is -2.22. The van der Waals surface area contributed by atoms with Gasteiger partial charge in [-0.3, -0.25) is 0 Å². The van der Waals surface area contributed by atoms with Gasteiger partial charge in [-0.25, -0.2) is 9.97 Å². The Bertz CT molecular complexity index is 783. The molecule has 0 unspecified atom stereocenters. The van der Waals surface area contributed by atoms with E-state index in [4.69, 9.17) is 14.7 Å². The number of aromatic nitrogens is 2. The summed E-state index contributed by atoms with van der Waals surface area (Å²) in [5.41, 5.74) is 1.01. The van der Waals surface area contributed by atoms with Crippen LogP contribution in [0.4, 0.5) is 0 Å². The first-order valence-electron chi connectivity index (χ1n) is 7.95. The average molecular weight is 342 g/mol. The summed E-state index contributed by atoms with van der Waals surface area (Å²) in [5.74, 6) is 1.79. The third kappa shape index (κ3) is 3.42. The van der Waals surface area contributed by atoms with Crippen LogP contribution in [0.3, 0.4) is 0 Å². The van der Waals surface area contributed by atoms with Crippen LogP contribution in [0.5, 0.6) is 0 Å². The summed E-state index contributed by atoms with van der Waals surface area (Å²) < 4.78 is 5.85. The number of rotatable bonds is 4. The molecular weight excluding hydrogens is 324 g/mol. The van der Waals surface area contributed by atoms with Crippen molar-refractivity contribution in [1.29, 1.82) is 0 Å². The van der Waals surface area contributed by atoms with E-state index in [2.05, 4.69) is 29.6 Å². The second-order valence-electron chi connectivity index (χ2n) is 5.65. The minimum absolute atomic E-state index is 0.354. The molecule has 0 aliphatic carbocycles. The number of hydrogen-bond acceptors (Lipinski definition) is 5. The number of benzene rings is 1. The molecule has 1 aliphatic heterocycles. The van der Waals surface area contributed by atoms with Gasteiger partial charge >= 0.3 is 0 Å². The number of hydrogen-bond donors (Lipinski definition) is 0. The maximum absolute atomic E-state index is 5.85. The Kier molecular flexibility index (Phi) is 4.60. The van der Waals surface area contributed by atoms with Gasteiger partial charge in [-0.05, 0) is 36.8 Å². The second-order valence-corrected chi connectivity index (χ2v) is 7.60. The summed E-state index contributed by atoms with van der Waals surface area (Å²) in [6, 6.07) is 12.4. The molecule has 0 bridgehead atoms. The van der Waals surface area contributed by atoms with Crippen LogP contribution < -0.4 is 0 Å². The van der Waals surface area contributed by atoms with Crippen molar-refractivity contribution in [2.45, 2.75) is 30.4 Å². The van der Waals surface area contributed by atoms with Crippen LogP contribution in [0.2, 0.25) is 0 Å². The fourth-order valence-electron chi connectivity index (χ4n) is 2.78. The molecule has 0 saturated carbocycles. The highest BCUT2D eigenvalue weighted by Crippen LogP contribution is 2.31. The van der Waals surface area contributed by atoms with Gasteiger partial charge in [-0.1, -0.05) is 24.3 Å². The van der Waals surface area contributed by atoms with Gasteiger partial charge in [0, 0.05) is 17.7 Å². The van der Waals surface area contributed by atoms with Gasteiger partial charge in [-0.2, -0.15) is 0 Å². The first-order valence-corrected chi connectivity index (χ1v) is 9.82. The normalized spacial score (nSPS) is 18.3. The maximum Gasteiger partial charge on any atom is 0.171 e. The highest BCUT2D eigenvalue weighted by atomic mass is 32.2. The molecule has 1 saturated heterocycles. The van der Waals surface area contributed by atoms with Gasteiger partial charge in [0.25, 0.3) is 0 Å². The van der Waals surface area contributed by atoms with E-state index in [0.717, 1.165) is 45.4 Å². The Hall–Kier alpha value is -1.43. The predicted molar refractivity (Wildman–Crippen MR) is 97.2 cm³/mol. The summed E-state index contributed by atoms with van der Waals surface area (Å²) in [6.45, 7) is 0.899. The molecular formula is C18H18N2OS2. The monoisotopic (exact) mass is 342 g/mol. The van der Waals surface area contributed by atoms with E-state index in [9.17, 15) is 0 Å². The molecule has 0 radical (unpaired) electrons. The molecule has 1 aromatic carbocycles. The summed E-state index contributed by atoms with van der Waals surface area (Å²) in [4.78, 5) is 10.7. The molecule has 1 fully saturated rings. The van der Waals surface area contributed by atoms with Gasteiger partial charge < -0.3 is 4.74 Å². The Morgan fingerprint density at radius 3 is 2.91 bits per heavy atom. The van der Waals surface area contributed by atoms with Crippen molar-refractivity contribution in [3.8, 4) is 10.7 Å². The fourth-order valence-corrected chi connectivity index (χ4v) is 4.53. The standard InChI is InChI=1S/C18H18N2OS2/c1-2-8-15-14(7-1)18(23-12-13-6-3-4-10-21-13)20-17(19-15)16-9-5-11-22-16/h1-2,5,7-9,11,13H,3-4,6,10,12H2/t13-/m1/s1. The van der Waals surface area contributed by atoms with Gasteiger partial charge in [0.2, 0.25) is 0 Å². The van der Waals surface area contributed by atoms with Crippen LogP contribution in [0.25, 0.3) is 21.6 Å². The summed E-state index contributed by atoms with van der Waals surface area (Å²) in [6.07, 6.45) is 3.98. The van der Waals surface area contributed by atoms with Crippen molar-refractivity contribution in [1.82, 2.24) is 9.97 Å². The van der Waals surface area contributed by atoms with E-state index >= 15 is 0 Å². The number of ether oxygens (including phenoxy) is 1. The molecule has 5 heteroatoms. The number of fused-ring (bicyclic) bond motifs is 1. The predicted octanol–water partition coefficient (Wildman–Crippen LogP) is 5.02. The molecule has 3 nitrogen and oxygen atoms in total. The minimum Gasteiger partial charge on any atom is -0.377 e. The zero-order valence-electron chi connectivity index (χ0n) is 12.8. The van der Waals surface area contributed by atoms with Crippen LogP contribution in [0.1, 0.15) is 19.3 Å². The zero-order valence-corrected chi connectivity index (χ0v) is 14.4. The zero-order chi connectivity index (χ0) is 15.5. The molecule has 0 spiro atoms. The van der Waals surface area contributed by atoms with Crippen molar-refractivity contribution in [2.24, 2.45) is 0 Å². The molecule has 0 amide bonds. The van der Waals surface area contributed by atoms with Crippen molar-refractivity contribution in [2.75, 3.05) is 12.4 Å². The van der Waals surface area contributed by atoms with E-state index in [0.29, 0.717) is 6.10 Å². The first kappa shape index (κ1) is 15.1. The Balaban J connectivity index is 1.66. The molecule has 2 aromatic heterocycles. The van der Waals surface area contributed by atoms with Gasteiger partial charge in [0.1, 0.15) is 5.03 Å². The lowest BCUT2D eigenvalue weighted by atomic mass is 10.1. The smallest absolute Gasteiger partial charge is 0.171 e. The minimum atomic E-state index is 0.354. The fraction of sp³-hybridized carbons (Fsp3) is 0.333. The van der Waals surface area contributed by atoms with Crippen molar-refractivity contribution in [3.63, 3.8) is 0 Å². The van der Waals surface area contributed by atoms with Crippen molar-refractivity contribution < 1.29 is 4.74 Å². The van der Waals surface area contributed by atoms with E-state index in [-0.39, 0.29) is 0 Å². The molecule has 118 valence electrons. The van der Waals surface area contributed by atoms with Gasteiger partial charge in [-0.15, -0.1) is 23.1 Å². The van der Waals surface area contributed by atoms with Crippen molar-refractivity contribution in [3.05, 3.63) is 41.8 Å². The number of thioether (sulfide) groups is 1. The van der Waals surface area contributed by atoms with E-state index in [1.54, 1.807) is 23.1 Å². The lowest BCUT2D eigenvalue weighted by Crippen LogP contribution is -2.21. The highest BCUT2D eigenvalue weighted by molar-refractivity contribution is 7.99. The quantitative estimate of drug-likeness (QED) is 0.492. The van der Waals surface area contributed by atoms with Crippen LogP contribution >= 0.6 is 23.1 Å². The van der Waals surface area contributed by atoms with Gasteiger partial charge in [0.15, 0.2) is 5.82 Å². The third-order valence-corrected chi connectivity index (χ3v) is 5.98. The summed E-state index contributed by atoms with van der Waals surface area (Å²) >= 11 is 3.48. The number of nitrogens with zero attached hydrogens (tertiary/aromatic N) is 2. The van der Waals surface area contributed by atoms with Crippen molar-refractivity contribution >= 4 is 34.0 Å². The lowest BCUT2D eigenvalue weighted by molar-refractivity contribution is 0.0315. The Morgan fingerprint density at radius 2 is 2.09 bits per heavy atom. The molecule has 3 aromatic rings. The summed E-state index contributed by atoms with van der Waals surface area (Å²) in [5, 5.41) is 4.26. The first-order chi connectivity index (χ1) is 11.4. The largest absolute Gasteiger partial charge is 0.377 e. The van der Waals surface area contributed by atoms with Crippen LogP contribution in [0, 0.1) is 0 Å². The number of thiophene rings is 1. The van der Waals surface area contributed by atoms with Crippen LogP contribution in [0.15, 0.2) is 46.8 Å². The Morgan fingerprint density at radius 1 is 1.13 bits per heavy atom. The molecule has 23 heavy (non-hydrogen) atoms. The molecule has 1 aliphatic rings. The molecule has 1 atom stereocenters. The average Bonchev–Trinajstić information content (AvgIpc) is 3.15. The SMILES string of the molecule is c1csc(-c2nc(SC[C@H]3CCCCO3)c3ccccc3n2)c1. The van der Waals surface area contributed by atoms with Gasteiger partial charge in [0.05, 0.1) is 16.5 Å². The Labute approximate surface area is 144 Å². The summed E-state index contributed by atoms with van der Waals surface area (Å²) in [7, 11) is 0. The maximum atomic E-state index is 5.85. The second kappa shape index (κ2) is 6.99. The van der Waals surface area contributed by atoms with E-state index < -0.39 is 0 Å². The molecule has 3 heterocycles. The highest BCUT2D eigenvalue weighted by Gasteiger charge is 2.16. The number of para-hydroxylation sites is 1. The van der Waals surface area contributed by atoms with Crippen LogP contribution in [-0.2, 0) is 4.74 Å². The van der Waals surface area contributed by atoms with E-state index in [1.165, 1.54) is 12.8 Å². The topological polar surface area (TPSA) is 35.0 Å². The molecule has 0 N–H and O–H groups in total. The van der Waals surface area contributed by atoms with E-state index in [1.807, 2.05) is 12.1 Å².